The molecule has 2 fully saturated rings. The van der Waals surface area contributed by atoms with E-state index in [1.165, 1.54) is 6.07 Å². The van der Waals surface area contributed by atoms with Gasteiger partial charge in [-0.1, -0.05) is 0 Å². The molecule has 2 aliphatic heterocycles. The maximum absolute atomic E-state index is 12.2. The van der Waals surface area contributed by atoms with Crippen LogP contribution in [0.5, 0.6) is 0 Å². The maximum Gasteiger partial charge on any atom is 0.292 e. The van der Waals surface area contributed by atoms with Crippen LogP contribution in [0.1, 0.15) is 29.8 Å². The van der Waals surface area contributed by atoms with Crippen molar-refractivity contribution in [3.63, 3.8) is 0 Å². The van der Waals surface area contributed by atoms with Crippen LogP contribution in [0.2, 0.25) is 0 Å². The van der Waals surface area contributed by atoms with Gasteiger partial charge in [0.1, 0.15) is 0 Å². The molecule has 3 N–H and O–H groups in total. The Morgan fingerprint density at radius 2 is 2.19 bits per heavy atom. The lowest BCUT2D eigenvalue weighted by molar-refractivity contribution is -0.00217. The number of aliphatic hydroxyl groups is 1. The first kappa shape index (κ1) is 14.3. The third-order valence-electron chi connectivity index (χ3n) is 5.06. The molecule has 1 aromatic rings. The molecule has 7 nitrogen and oxygen atoms in total. The first-order valence-corrected chi connectivity index (χ1v) is 7.44. The summed E-state index contributed by atoms with van der Waals surface area (Å²) in [4.78, 5) is 25.0. The molecule has 116 valence electrons. The highest BCUT2D eigenvalue weighted by molar-refractivity contribution is 5.91. The molecular weight excluding hydrogens is 274 g/mol. The minimum Gasteiger partial charge on any atom is -0.396 e. The first-order valence-electron chi connectivity index (χ1n) is 7.44. The fourth-order valence-corrected chi connectivity index (χ4v) is 3.65. The zero-order valence-corrected chi connectivity index (χ0v) is 11.9. The molecule has 0 radical (unpaired) electrons. The molecular formula is C14H21N3O4. The highest BCUT2D eigenvalue weighted by atomic mass is 16.5. The van der Waals surface area contributed by atoms with Crippen LogP contribution in [0.4, 0.5) is 0 Å². The Bertz CT molecular complexity index is 557. The second-order valence-electron chi connectivity index (χ2n) is 6.07. The summed E-state index contributed by atoms with van der Waals surface area (Å²) >= 11 is 0. The number of carbonyl (C=O) groups excluding carboxylic acids is 1. The molecule has 1 aromatic heterocycles. The zero-order valence-electron chi connectivity index (χ0n) is 11.9. The van der Waals surface area contributed by atoms with Crippen molar-refractivity contribution in [1.82, 2.24) is 15.4 Å². The molecule has 3 rings (SSSR count). The Balaban J connectivity index is 1.67. The summed E-state index contributed by atoms with van der Waals surface area (Å²) < 4.78 is 4.88. The minimum atomic E-state index is -0.398. The van der Waals surface area contributed by atoms with E-state index >= 15 is 0 Å². The van der Waals surface area contributed by atoms with Gasteiger partial charge in [-0.25, -0.2) is 0 Å². The SMILES string of the molecule is O=C(c1cc(=O)[nH]o1)N1CCC2(CCNC[C@H]2CO)CC1. The van der Waals surface area contributed by atoms with Gasteiger partial charge in [0.2, 0.25) is 5.76 Å². The molecule has 0 bridgehead atoms. The van der Waals surface area contributed by atoms with Crippen molar-refractivity contribution >= 4 is 5.91 Å². The standard InChI is InChI=1S/C14H21N3O4/c18-9-10-8-15-4-1-14(10)2-5-17(6-3-14)13(20)11-7-12(19)16-21-11/h7,10,15,18H,1-6,8-9H2,(H,16,19)/t10-/m0/s1. The number of aliphatic hydroxyl groups excluding tert-OH is 1. The van der Waals surface area contributed by atoms with Crippen molar-refractivity contribution in [2.45, 2.75) is 19.3 Å². The van der Waals surface area contributed by atoms with Gasteiger partial charge in [0.05, 0.1) is 6.07 Å². The first-order chi connectivity index (χ1) is 10.1. The van der Waals surface area contributed by atoms with Gasteiger partial charge >= 0.3 is 0 Å². The predicted molar refractivity (Wildman–Crippen MR) is 75.0 cm³/mol. The average molecular weight is 295 g/mol. The molecule has 2 saturated heterocycles. The number of hydrogen-bond acceptors (Lipinski definition) is 5. The predicted octanol–water partition coefficient (Wildman–Crippen LogP) is -0.208. The van der Waals surface area contributed by atoms with E-state index in [9.17, 15) is 14.7 Å². The third kappa shape index (κ3) is 2.63. The fourth-order valence-electron chi connectivity index (χ4n) is 3.65. The van der Waals surface area contributed by atoms with Gasteiger partial charge in [-0.3, -0.25) is 9.59 Å². The number of amides is 1. The van der Waals surface area contributed by atoms with Crippen LogP contribution in [0.25, 0.3) is 0 Å². The highest BCUT2D eigenvalue weighted by Crippen LogP contribution is 2.43. The molecule has 3 heterocycles. The van der Waals surface area contributed by atoms with E-state index in [2.05, 4.69) is 10.5 Å². The van der Waals surface area contributed by atoms with Crippen molar-refractivity contribution in [1.29, 1.82) is 0 Å². The van der Waals surface area contributed by atoms with Gasteiger partial charge in [-0.2, -0.15) is 5.16 Å². The topological polar surface area (TPSA) is 98.6 Å². The maximum atomic E-state index is 12.2. The van der Waals surface area contributed by atoms with Crippen LogP contribution in [0.15, 0.2) is 15.4 Å². The van der Waals surface area contributed by atoms with E-state index in [0.29, 0.717) is 13.1 Å². The quantitative estimate of drug-likeness (QED) is 0.701. The lowest BCUT2D eigenvalue weighted by Crippen LogP contribution is -2.53. The Kier molecular flexibility index (Phi) is 3.86. The van der Waals surface area contributed by atoms with Gasteiger partial charge in [0.15, 0.2) is 0 Å². The van der Waals surface area contributed by atoms with Gasteiger partial charge in [-0.05, 0) is 31.2 Å². The number of likely N-dealkylation sites (tertiary alicyclic amines) is 1. The monoisotopic (exact) mass is 295 g/mol. The Morgan fingerprint density at radius 1 is 1.43 bits per heavy atom. The van der Waals surface area contributed by atoms with Crippen molar-refractivity contribution < 1.29 is 14.4 Å². The average Bonchev–Trinajstić information content (AvgIpc) is 2.94. The van der Waals surface area contributed by atoms with Crippen LogP contribution in [-0.2, 0) is 0 Å². The van der Waals surface area contributed by atoms with Crippen LogP contribution in [-0.4, -0.2) is 53.9 Å². The summed E-state index contributed by atoms with van der Waals surface area (Å²) in [6, 6.07) is 1.19. The molecule has 0 aromatic carbocycles. The Morgan fingerprint density at radius 3 is 2.81 bits per heavy atom. The van der Waals surface area contributed by atoms with Crippen molar-refractivity contribution in [2.24, 2.45) is 11.3 Å². The van der Waals surface area contributed by atoms with Gasteiger partial charge in [0, 0.05) is 32.2 Å². The van der Waals surface area contributed by atoms with Crippen LogP contribution in [0, 0.1) is 11.3 Å². The Labute approximate surface area is 122 Å². The summed E-state index contributed by atoms with van der Waals surface area (Å²) in [5.74, 6) is 0.0892. The van der Waals surface area contributed by atoms with E-state index in [-0.39, 0.29) is 29.6 Å². The second kappa shape index (κ2) is 5.65. The lowest BCUT2D eigenvalue weighted by atomic mass is 9.65. The molecule has 7 heteroatoms. The molecule has 0 saturated carbocycles. The van der Waals surface area contributed by atoms with E-state index in [0.717, 1.165) is 32.4 Å². The normalized spacial score (nSPS) is 25.2. The summed E-state index contributed by atoms with van der Waals surface area (Å²) in [7, 11) is 0. The number of aromatic amines is 1. The van der Waals surface area contributed by atoms with Crippen molar-refractivity contribution in [3.05, 3.63) is 22.2 Å². The number of carbonyl (C=O) groups is 1. The molecule has 21 heavy (non-hydrogen) atoms. The number of aromatic nitrogens is 1. The molecule has 2 aliphatic rings. The number of piperidine rings is 2. The smallest absolute Gasteiger partial charge is 0.292 e. The van der Waals surface area contributed by atoms with Crippen LogP contribution < -0.4 is 10.9 Å². The molecule has 1 spiro atoms. The molecule has 0 aliphatic carbocycles. The van der Waals surface area contributed by atoms with Crippen molar-refractivity contribution in [3.8, 4) is 0 Å². The summed E-state index contributed by atoms with van der Waals surface area (Å²) in [5.41, 5.74) is -0.263. The number of rotatable bonds is 2. The van der Waals surface area contributed by atoms with E-state index in [4.69, 9.17) is 4.52 Å². The number of hydrogen-bond donors (Lipinski definition) is 3. The summed E-state index contributed by atoms with van der Waals surface area (Å²) in [6.07, 6.45) is 2.82. The third-order valence-corrected chi connectivity index (χ3v) is 5.06. The summed E-state index contributed by atoms with van der Waals surface area (Å²) in [6.45, 7) is 3.29. The number of nitrogens with one attached hydrogen (secondary N) is 2. The largest absolute Gasteiger partial charge is 0.396 e. The van der Waals surface area contributed by atoms with E-state index in [1.54, 1.807) is 4.90 Å². The second-order valence-corrected chi connectivity index (χ2v) is 6.07. The van der Waals surface area contributed by atoms with Crippen LogP contribution in [0.3, 0.4) is 0 Å². The number of H-pyrrole nitrogens is 1. The van der Waals surface area contributed by atoms with Gasteiger partial charge in [-0.15, -0.1) is 0 Å². The molecule has 0 unspecified atom stereocenters. The van der Waals surface area contributed by atoms with E-state index in [1.807, 2.05) is 0 Å². The molecule has 1 atom stereocenters. The number of nitrogens with zero attached hydrogens (tertiary/aromatic N) is 1. The van der Waals surface area contributed by atoms with Gasteiger partial charge in [0.25, 0.3) is 11.5 Å². The van der Waals surface area contributed by atoms with E-state index < -0.39 is 5.56 Å². The fraction of sp³-hybridized carbons (Fsp3) is 0.714. The summed E-state index contributed by atoms with van der Waals surface area (Å²) in [5, 5.41) is 15.1. The highest BCUT2D eigenvalue weighted by Gasteiger charge is 2.43. The van der Waals surface area contributed by atoms with Gasteiger partial charge < -0.3 is 19.8 Å². The molecule has 1 amide bonds. The van der Waals surface area contributed by atoms with Crippen molar-refractivity contribution in [2.75, 3.05) is 32.8 Å². The lowest BCUT2D eigenvalue weighted by Gasteiger charge is -2.48. The zero-order chi connectivity index (χ0) is 14.9. The minimum absolute atomic E-state index is 0.0694. The Hall–Kier alpha value is -1.60. The van der Waals surface area contributed by atoms with Crippen LogP contribution >= 0.6 is 0 Å².